The second-order valence-corrected chi connectivity index (χ2v) is 5.63. The van der Waals surface area contributed by atoms with Crippen molar-refractivity contribution in [2.45, 2.75) is 6.92 Å². The van der Waals surface area contributed by atoms with Gasteiger partial charge < -0.3 is 10.0 Å². The van der Waals surface area contributed by atoms with Crippen LogP contribution in [0, 0.1) is 6.92 Å². The van der Waals surface area contributed by atoms with E-state index in [2.05, 4.69) is 15.9 Å². The first kappa shape index (κ1) is 10.2. The first-order valence-corrected chi connectivity index (χ1v) is 5.74. The third-order valence-corrected chi connectivity index (χ3v) is 3.75. The summed E-state index contributed by atoms with van der Waals surface area (Å²) in [5, 5.41) is 19.4. The van der Waals surface area contributed by atoms with Crippen molar-refractivity contribution >= 4 is 49.9 Å². The average Bonchev–Trinajstić information content (AvgIpc) is 2.42. The van der Waals surface area contributed by atoms with Crippen molar-refractivity contribution in [3.63, 3.8) is 0 Å². The van der Waals surface area contributed by atoms with Crippen LogP contribution < -0.4 is 5.46 Å². The molecule has 2 nitrogen and oxygen atoms in total. The number of hydrogen-bond acceptors (Lipinski definition) is 3. The van der Waals surface area contributed by atoms with Crippen LogP contribution in [-0.2, 0) is 0 Å². The highest BCUT2D eigenvalue weighted by atomic mass is 79.9. The molecule has 1 heterocycles. The third kappa shape index (κ3) is 1.73. The predicted molar refractivity (Wildman–Crippen MR) is 64.1 cm³/mol. The molecule has 0 aliphatic carbocycles. The zero-order valence-corrected chi connectivity index (χ0v) is 9.89. The molecule has 2 N–H and O–H groups in total. The van der Waals surface area contributed by atoms with Crippen LogP contribution in [0.25, 0.3) is 10.1 Å². The molecule has 0 radical (unpaired) electrons. The van der Waals surface area contributed by atoms with E-state index >= 15 is 0 Å². The molecular formula is C9H8BBrO2S. The standard InChI is InChI=1S/C9H8BBrO2S/c1-5-2-6-3-9(11)14-8(6)4-7(5)10(12)13/h2-4,12-13H,1H3. The molecule has 0 spiro atoms. The smallest absolute Gasteiger partial charge is 0.423 e. The average molecular weight is 271 g/mol. The van der Waals surface area contributed by atoms with E-state index in [0.29, 0.717) is 5.46 Å². The van der Waals surface area contributed by atoms with Gasteiger partial charge in [0.15, 0.2) is 0 Å². The SMILES string of the molecule is Cc1cc2cc(Br)sc2cc1B(O)O. The van der Waals surface area contributed by atoms with Crippen molar-refractivity contribution in [2.24, 2.45) is 0 Å². The fourth-order valence-corrected chi connectivity index (χ4v) is 3.05. The third-order valence-electron chi connectivity index (χ3n) is 2.15. The number of fused-ring (bicyclic) bond motifs is 1. The summed E-state index contributed by atoms with van der Waals surface area (Å²) in [6.45, 7) is 1.87. The fourth-order valence-electron chi connectivity index (χ4n) is 1.46. The van der Waals surface area contributed by atoms with Gasteiger partial charge in [-0.05, 0) is 45.8 Å². The molecular weight excluding hydrogens is 263 g/mol. The van der Waals surface area contributed by atoms with E-state index in [1.165, 1.54) is 0 Å². The minimum absolute atomic E-state index is 0.576. The Hall–Kier alpha value is -0.355. The molecule has 0 saturated carbocycles. The van der Waals surface area contributed by atoms with E-state index in [-0.39, 0.29) is 0 Å². The maximum Gasteiger partial charge on any atom is 0.488 e. The molecule has 0 aliphatic rings. The highest BCUT2D eigenvalue weighted by Crippen LogP contribution is 2.29. The predicted octanol–water partition coefficient (Wildman–Crippen LogP) is 1.65. The lowest BCUT2D eigenvalue weighted by Gasteiger charge is -2.03. The van der Waals surface area contributed by atoms with Crippen molar-refractivity contribution in [1.82, 2.24) is 0 Å². The first-order chi connectivity index (χ1) is 6.58. The number of rotatable bonds is 1. The maximum absolute atomic E-state index is 9.12. The first-order valence-electron chi connectivity index (χ1n) is 4.13. The number of thiophene rings is 1. The zero-order valence-electron chi connectivity index (χ0n) is 7.49. The van der Waals surface area contributed by atoms with Crippen LogP contribution in [0.2, 0.25) is 0 Å². The molecule has 0 atom stereocenters. The maximum atomic E-state index is 9.12. The number of benzene rings is 1. The Morgan fingerprint density at radius 2 is 2.00 bits per heavy atom. The van der Waals surface area contributed by atoms with Gasteiger partial charge >= 0.3 is 7.12 Å². The van der Waals surface area contributed by atoms with Crippen molar-refractivity contribution in [3.8, 4) is 0 Å². The van der Waals surface area contributed by atoms with Crippen LogP contribution in [-0.4, -0.2) is 17.2 Å². The summed E-state index contributed by atoms with van der Waals surface area (Å²) in [4.78, 5) is 0. The summed E-state index contributed by atoms with van der Waals surface area (Å²) in [7, 11) is -1.39. The molecule has 2 aromatic rings. The monoisotopic (exact) mass is 270 g/mol. The number of halogens is 1. The number of aryl methyl sites for hydroxylation is 1. The van der Waals surface area contributed by atoms with Crippen LogP contribution in [0.3, 0.4) is 0 Å². The highest BCUT2D eigenvalue weighted by Gasteiger charge is 2.15. The molecule has 0 fully saturated rings. The van der Waals surface area contributed by atoms with Gasteiger partial charge in [-0.25, -0.2) is 0 Å². The van der Waals surface area contributed by atoms with Crippen molar-refractivity contribution in [2.75, 3.05) is 0 Å². The lowest BCUT2D eigenvalue weighted by Crippen LogP contribution is -2.31. The Morgan fingerprint density at radius 1 is 1.29 bits per heavy atom. The van der Waals surface area contributed by atoms with Crippen molar-refractivity contribution < 1.29 is 10.0 Å². The van der Waals surface area contributed by atoms with Crippen LogP contribution in [0.1, 0.15) is 5.56 Å². The Kier molecular flexibility index (Phi) is 2.66. The van der Waals surface area contributed by atoms with Gasteiger partial charge in [-0.1, -0.05) is 11.6 Å². The van der Waals surface area contributed by atoms with Crippen LogP contribution in [0.4, 0.5) is 0 Å². The van der Waals surface area contributed by atoms with Crippen LogP contribution in [0.15, 0.2) is 22.0 Å². The lowest BCUT2D eigenvalue weighted by molar-refractivity contribution is 0.425. The summed E-state index contributed by atoms with van der Waals surface area (Å²) in [5.74, 6) is 0. The fraction of sp³-hybridized carbons (Fsp3) is 0.111. The largest absolute Gasteiger partial charge is 0.488 e. The Morgan fingerprint density at radius 3 is 2.64 bits per heavy atom. The van der Waals surface area contributed by atoms with E-state index in [4.69, 9.17) is 10.0 Å². The molecule has 0 aliphatic heterocycles. The van der Waals surface area contributed by atoms with E-state index in [0.717, 1.165) is 19.4 Å². The highest BCUT2D eigenvalue weighted by molar-refractivity contribution is 9.11. The minimum atomic E-state index is -1.39. The summed E-state index contributed by atoms with van der Waals surface area (Å²) in [6.07, 6.45) is 0. The topological polar surface area (TPSA) is 40.5 Å². The van der Waals surface area contributed by atoms with Crippen molar-refractivity contribution in [1.29, 1.82) is 0 Å². The Labute approximate surface area is 94.5 Å². The Bertz CT molecular complexity index is 481. The number of hydrogen-bond donors (Lipinski definition) is 2. The molecule has 1 aromatic heterocycles. The van der Waals surface area contributed by atoms with Gasteiger partial charge in [0, 0.05) is 4.70 Å². The van der Waals surface area contributed by atoms with E-state index < -0.39 is 7.12 Å². The molecule has 14 heavy (non-hydrogen) atoms. The quantitative estimate of drug-likeness (QED) is 0.774. The Balaban J connectivity index is 2.70. The molecule has 1 aromatic carbocycles. The lowest BCUT2D eigenvalue weighted by atomic mass is 9.77. The molecule has 0 bridgehead atoms. The van der Waals surface area contributed by atoms with Gasteiger partial charge in [0.05, 0.1) is 3.79 Å². The van der Waals surface area contributed by atoms with Gasteiger partial charge in [-0.3, -0.25) is 0 Å². The van der Waals surface area contributed by atoms with Crippen LogP contribution in [0.5, 0.6) is 0 Å². The van der Waals surface area contributed by atoms with Gasteiger partial charge in [0.25, 0.3) is 0 Å². The van der Waals surface area contributed by atoms with Crippen molar-refractivity contribution in [3.05, 3.63) is 27.5 Å². The zero-order chi connectivity index (χ0) is 10.3. The van der Waals surface area contributed by atoms with E-state index in [1.54, 1.807) is 11.3 Å². The molecule has 2 rings (SSSR count). The summed E-state index contributed by atoms with van der Waals surface area (Å²) in [6, 6.07) is 5.82. The molecule has 0 amide bonds. The molecule has 5 heteroatoms. The normalized spacial score (nSPS) is 10.9. The summed E-state index contributed by atoms with van der Waals surface area (Å²) < 4.78 is 2.11. The van der Waals surface area contributed by atoms with Crippen LogP contribution >= 0.6 is 27.3 Å². The van der Waals surface area contributed by atoms with E-state index in [1.807, 2.05) is 25.1 Å². The molecule has 0 unspecified atom stereocenters. The summed E-state index contributed by atoms with van der Waals surface area (Å²) >= 11 is 4.99. The van der Waals surface area contributed by atoms with Gasteiger partial charge in [-0.15, -0.1) is 11.3 Å². The van der Waals surface area contributed by atoms with Gasteiger partial charge in [-0.2, -0.15) is 0 Å². The van der Waals surface area contributed by atoms with Gasteiger partial charge in [0.1, 0.15) is 0 Å². The molecule has 0 saturated heterocycles. The van der Waals surface area contributed by atoms with Gasteiger partial charge in [0.2, 0.25) is 0 Å². The minimum Gasteiger partial charge on any atom is -0.423 e. The summed E-state index contributed by atoms with van der Waals surface area (Å²) in [5.41, 5.74) is 1.48. The molecule has 72 valence electrons. The second-order valence-electron chi connectivity index (χ2n) is 3.17. The second kappa shape index (κ2) is 3.66. The van der Waals surface area contributed by atoms with E-state index in [9.17, 15) is 0 Å².